The van der Waals surface area contributed by atoms with E-state index < -0.39 is 8.07 Å². The second kappa shape index (κ2) is 18.3. The van der Waals surface area contributed by atoms with Gasteiger partial charge in [-0.2, -0.15) is 0 Å². The molecule has 0 amide bonds. The number of aromatic nitrogens is 3. The van der Waals surface area contributed by atoms with Crippen LogP contribution < -0.4 is 20.7 Å². The summed E-state index contributed by atoms with van der Waals surface area (Å²) in [6.45, 7) is 0. The molecule has 16 aromatic rings. The maximum atomic E-state index is 2.58. The fraction of sp³-hybridized carbons (Fsp3) is 0. The topological polar surface area (TPSA) is 14.8 Å². The van der Waals surface area contributed by atoms with E-state index in [9.17, 15) is 0 Å². The van der Waals surface area contributed by atoms with Crippen molar-refractivity contribution in [2.75, 3.05) is 0 Å². The lowest BCUT2D eigenvalue weighted by Gasteiger charge is -2.34. The van der Waals surface area contributed by atoms with Crippen molar-refractivity contribution in [3.05, 3.63) is 309 Å². The number of nitrogens with zero attached hydrogens (tertiary/aromatic N) is 3. The van der Waals surface area contributed by atoms with E-state index in [0.717, 1.165) is 39.1 Å². The Kier molecular flexibility index (Phi) is 10.3. The summed E-state index contributed by atoms with van der Waals surface area (Å²) in [4.78, 5) is 0. The second-order valence-corrected chi connectivity index (χ2v) is 25.7. The van der Waals surface area contributed by atoms with Crippen molar-refractivity contribution in [3.63, 3.8) is 0 Å². The van der Waals surface area contributed by atoms with Gasteiger partial charge in [-0.15, -0.1) is 0 Å². The van der Waals surface area contributed by atoms with Crippen molar-refractivity contribution >= 4 is 94.2 Å². The van der Waals surface area contributed by atoms with Crippen LogP contribution in [0.1, 0.15) is 0 Å². The first kappa shape index (κ1) is 46.4. The van der Waals surface area contributed by atoms with Gasteiger partial charge >= 0.3 is 0 Å². The quantitative estimate of drug-likeness (QED) is 0.112. The van der Waals surface area contributed by atoms with Gasteiger partial charge < -0.3 is 13.7 Å². The van der Waals surface area contributed by atoms with Gasteiger partial charge in [0.15, 0.2) is 8.07 Å². The van der Waals surface area contributed by atoms with Crippen LogP contribution in [0.4, 0.5) is 0 Å². The maximum absolute atomic E-state index is 2.89. The molecule has 0 radical (unpaired) electrons. The van der Waals surface area contributed by atoms with Crippen LogP contribution in [0.15, 0.2) is 309 Å². The summed E-state index contributed by atoms with van der Waals surface area (Å²) in [5.74, 6) is 0. The van der Waals surface area contributed by atoms with Crippen LogP contribution in [0.3, 0.4) is 0 Å². The van der Waals surface area contributed by atoms with Gasteiger partial charge in [0.2, 0.25) is 0 Å². The summed E-state index contributed by atoms with van der Waals surface area (Å²) in [7, 11) is -2.89. The lowest BCUT2D eigenvalue weighted by Crippen LogP contribution is -2.74. The zero-order chi connectivity index (χ0) is 53.9. The Morgan fingerprint density at radius 2 is 0.476 bits per heavy atom. The second-order valence-electron chi connectivity index (χ2n) is 21.9. The minimum absolute atomic E-state index is 1.10. The first-order chi connectivity index (χ1) is 40.7. The smallest absolute Gasteiger partial charge is 0.179 e. The molecular weight excluding hydrogens is 1010 g/mol. The molecule has 0 spiro atoms. The first-order valence-electron chi connectivity index (χ1n) is 28.4. The van der Waals surface area contributed by atoms with E-state index in [1.54, 1.807) is 0 Å². The zero-order valence-electron chi connectivity index (χ0n) is 44.8. The number of para-hydroxylation sites is 4. The van der Waals surface area contributed by atoms with E-state index in [1.165, 1.54) is 109 Å². The van der Waals surface area contributed by atoms with E-state index >= 15 is 0 Å². The van der Waals surface area contributed by atoms with Gasteiger partial charge in [0.05, 0.1) is 44.5 Å². The molecule has 0 aliphatic heterocycles. The Balaban J connectivity index is 0.999. The molecule has 382 valence electrons. The van der Waals surface area contributed by atoms with Gasteiger partial charge in [0.1, 0.15) is 0 Å². The van der Waals surface area contributed by atoms with E-state index in [4.69, 9.17) is 0 Å². The minimum Gasteiger partial charge on any atom is -0.309 e. The maximum Gasteiger partial charge on any atom is 0.179 e. The third-order valence-electron chi connectivity index (χ3n) is 17.8. The van der Waals surface area contributed by atoms with E-state index in [1.807, 2.05) is 0 Å². The Morgan fingerprint density at radius 3 is 0.878 bits per heavy atom. The molecule has 0 bridgehead atoms. The van der Waals surface area contributed by atoms with Crippen molar-refractivity contribution in [1.29, 1.82) is 0 Å². The fourth-order valence-corrected chi connectivity index (χ4v) is 19.1. The summed E-state index contributed by atoms with van der Waals surface area (Å²) >= 11 is 0. The molecule has 1 aliphatic rings. The predicted molar refractivity (Wildman–Crippen MR) is 348 cm³/mol. The van der Waals surface area contributed by atoms with Crippen LogP contribution in [0.2, 0.25) is 0 Å². The number of hydrogen-bond acceptors (Lipinski definition) is 0. The summed E-state index contributed by atoms with van der Waals surface area (Å²) in [5, 5.41) is 12.7. The molecule has 17 rings (SSSR count). The molecule has 0 N–H and O–H groups in total. The monoisotopic (exact) mass is 1060 g/mol. The van der Waals surface area contributed by atoms with Crippen LogP contribution in [-0.4, -0.2) is 21.8 Å². The van der Waals surface area contributed by atoms with Crippen molar-refractivity contribution in [1.82, 2.24) is 13.7 Å². The van der Waals surface area contributed by atoms with Crippen LogP contribution in [0, 0.1) is 0 Å². The summed E-state index contributed by atoms with van der Waals surface area (Å²) < 4.78 is 7.58. The number of rotatable bonds is 7. The normalized spacial score (nSPS) is 12.1. The molecule has 0 saturated carbocycles. The van der Waals surface area contributed by atoms with Gasteiger partial charge in [0.25, 0.3) is 0 Å². The van der Waals surface area contributed by atoms with Crippen molar-refractivity contribution < 1.29 is 0 Å². The van der Waals surface area contributed by atoms with Crippen molar-refractivity contribution in [3.8, 4) is 61.6 Å². The van der Waals surface area contributed by atoms with Gasteiger partial charge in [0, 0.05) is 38.0 Å². The molecule has 1 aliphatic carbocycles. The Bertz CT molecular complexity index is 5070. The van der Waals surface area contributed by atoms with Gasteiger partial charge in [-0.1, -0.05) is 249 Å². The lowest BCUT2D eigenvalue weighted by molar-refractivity contribution is 1.09. The van der Waals surface area contributed by atoms with Crippen molar-refractivity contribution in [2.45, 2.75) is 0 Å². The molecule has 13 aromatic carbocycles. The van der Waals surface area contributed by atoms with Gasteiger partial charge in [-0.05, 0) is 126 Å². The van der Waals surface area contributed by atoms with Crippen LogP contribution >= 0.6 is 0 Å². The minimum atomic E-state index is -2.89. The number of hydrogen-bond donors (Lipinski definition) is 0. The number of fused-ring (bicyclic) bond motifs is 17. The Morgan fingerprint density at radius 1 is 0.183 bits per heavy atom. The molecule has 4 heteroatoms. The molecule has 0 saturated heterocycles. The Hall–Kier alpha value is -10.5. The van der Waals surface area contributed by atoms with Gasteiger partial charge in [-0.3, -0.25) is 0 Å². The molecular formula is C78H51N3Si. The zero-order valence-corrected chi connectivity index (χ0v) is 45.8. The Labute approximate surface area is 476 Å². The highest BCUT2D eigenvalue weighted by Gasteiger charge is 2.42. The van der Waals surface area contributed by atoms with E-state index in [-0.39, 0.29) is 0 Å². The molecule has 0 atom stereocenters. The highest BCUT2D eigenvalue weighted by molar-refractivity contribution is 7.20. The third kappa shape index (κ3) is 6.70. The average molecular weight is 1060 g/mol. The molecule has 82 heavy (non-hydrogen) atoms. The lowest BCUT2D eigenvalue weighted by atomic mass is 9.80. The number of benzene rings is 13. The van der Waals surface area contributed by atoms with Crippen LogP contribution in [-0.2, 0) is 0 Å². The first-order valence-corrected chi connectivity index (χ1v) is 30.4. The van der Waals surface area contributed by atoms with Crippen LogP contribution in [0.25, 0.3) is 127 Å². The highest BCUT2D eigenvalue weighted by atomic mass is 28.3. The molecule has 3 aromatic heterocycles. The third-order valence-corrected chi connectivity index (χ3v) is 22.5. The summed E-state index contributed by atoms with van der Waals surface area (Å²) in [6, 6.07) is 116. The molecule has 0 fully saturated rings. The summed E-state index contributed by atoms with van der Waals surface area (Å²) in [6.07, 6.45) is 0. The molecule has 3 heterocycles. The van der Waals surface area contributed by atoms with E-state index in [2.05, 4.69) is 323 Å². The van der Waals surface area contributed by atoms with Crippen molar-refractivity contribution in [2.24, 2.45) is 0 Å². The van der Waals surface area contributed by atoms with Crippen LogP contribution in [0.5, 0.6) is 0 Å². The standard InChI is InChI=1S/C78H51N3Si/c1-4-24-53(25-5-1)82(54-26-6-2-7-27-54,55-28-8-3-9-29-55)56-45-47-76-70(49-56)66-39-19-23-43-74(66)81(76)78-51-68-62-35-15-13-33-60(62)58-31-11-10-30-57(58)59-32-12-14-34-61(59)67(68)50-77(78)80-73-42-22-18-38-65(73)69-48-52(44-46-75(69)80)79-71-40-20-16-36-63(71)64-37-17-21-41-72(64)79/h1-51H. The SMILES string of the molecule is c1ccc([Si](c2ccccc2)(c2ccccc2)c2ccc3c(c2)c2ccccc2n3-c2cc3c(cc2-n2c4ccccc4c4cc(-n5c6ccccc6c6ccccc65)ccc42)-c2ccccc2-c2ccccc2-c2ccccc2-3)cc1. The predicted octanol–water partition coefficient (Wildman–Crippen LogP) is 17.3. The highest BCUT2D eigenvalue weighted by Crippen LogP contribution is 2.51. The van der Waals surface area contributed by atoms with Gasteiger partial charge in [-0.25, -0.2) is 0 Å². The average Bonchev–Trinajstić information content (AvgIpc) is 2.54. The molecule has 3 nitrogen and oxygen atoms in total. The largest absolute Gasteiger partial charge is 0.309 e. The molecule has 0 unspecified atom stereocenters. The summed E-state index contributed by atoms with van der Waals surface area (Å²) in [5.41, 5.74) is 20.0. The fourth-order valence-electron chi connectivity index (χ4n) is 14.3. The van der Waals surface area contributed by atoms with E-state index in [0.29, 0.717) is 0 Å².